The fourth-order valence-corrected chi connectivity index (χ4v) is 4.06. The normalized spacial score (nSPS) is 18.1. The van der Waals surface area contributed by atoms with Crippen LogP contribution >= 0.6 is 0 Å². The molecule has 31 heavy (non-hydrogen) atoms. The summed E-state index contributed by atoms with van der Waals surface area (Å²) in [6, 6.07) is 14.0. The van der Waals surface area contributed by atoms with Crippen molar-refractivity contribution in [3.63, 3.8) is 0 Å². The van der Waals surface area contributed by atoms with E-state index in [0.717, 1.165) is 24.2 Å². The number of likely N-dealkylation sites (tertiary alicyclic amines) is 1. The highest BCUT2D eigenvalue weighted by molar-refractivity contribution is 6.46. The maximum Gasteiger partial charge on any atom is 0.295 e. The van der Waals surface area contributed by atoms with Crippen LogP contribution in [-0.2, 0) is 9.59 Å². The van der Waals surface area contributed by atoms with E-state index in [2.05, 4.69) is 18.7 Å². The largest absolute Gasteiger partial charge is 0.507 e. The van der Waals surface area contributed by atoms with E-state index in [9.17, 15) is 14.7 Å². The van der Waals surface area contributed by atoms with Crippen LogP contribution in [0, 0.1) is 6.92 Å². The molecule has 0 saturated carbocycles. The highest BCUT2D eigenvalue weighted by atomic mass is 16.5. The molecule has 1 atom stereocenters. The molecule has 1 heterocycles. The number of ether oxygens (including phenoxy) is 1. The lowest BCUT2D eigenvalue weighted by molar-refractivity contribution is -0.140. The third kappa shape index (κ3) is 4.49. The number of benzene rings is 2. The number of carbonyl (C=O) groups excluding carboxylic acids is 2. The van der Waals surface area contributed by atoms with Crippen LogP contribution in [0.3, 0.4) is 0 Å². The topological polar surface area (TPSA) is 70.1 Å². The minimum atomic E-state index is -0.652. The number of likely N-dealkylation sites (N-methyl/N-ethyl adjacent to an activating group) is 1. The summed E-state index contributed by atoms with van der Waals surface area (Å²) in [5.41, 5.74) is 2.21. The second kappa shape index (κ2) is 9.79. The number of aliphatic hydroxyl groups excluding tert-OH is 1. The van der Waals surface area contributed by atoms with Gasteiger partial charge in [-0.3, -0.25) is 9.59 Å². The van der Waals surface area contributed by atoms with Gasteiger partial charge in [-0.25, -0.2) is 0 Å². The van der Waals surface area contributed by atoms with Crippen LogP contribution in [0.15, 0.2) is 54.1 Å². The number of amides is 1. The SMILES string of the molecule is CCN(CC)CCN1C(=O)C(=O)C(=C(O)c2ccc(OC)cc2C)[C@H]1c1ccccc1. The Kier molecular flexibility index (Phi) is 7.13. The highest BCUT2D eigenvalue weighted by Gasteiger charge is 2.46. The summed E-state index contributed by atoms with van der Waals surface area (Å²) in [5, 5.41) is 11.2. The van der Waals surface area contributed by atoms with Crippen molar-refractivity contribution in [1.82, 2.24) is 9.80 Å². The van der Waals surface area contributed by atoms with E-state index in [4.69, 9.17) is 4.74 Å². The third-order valence-corrected chi connectivity index (χ3v) is 5.90. The number of ketones is 1. The molecule has 1 aliphatic rings. The molecule has 0 spiro atoms. The number of aryl methyl sites for hydroxylation is 1. The van der Waals surface area contributed by atoms with E-state index in [1.807, 2.05) is 37.3 Å². The average Bonchev–Trinajstić information content (AvgIpc) is 3.04. The monoisotopic (exact) mass is 422 g/mol. The van der Waals surface area contributed by atoms with E-state index >= 15 is 0 Å². The first kappa shape index (κ1) is 22.6. The molecular weight excluding hydrogens is 392 g/mol. The van der Waals surface area contributed by atoms with Gasteiger partial charge in [-0.05, 0) is 49.3 Å². The number of carbonyl (C=O) groups is 2. The van der Waals surface area contributed by atoms with Gasteiger partial charge in [-0.1, -0.05) is 44.2 Å². The Morgan fingerprint density at radius 3 is 2.35 bits per heavy atom. The summed E-state index contributed by atoms with van der Waals surface area (Å²) in [7, 11) is 1.57. The van der Waals surface area contributed by atoms with Gasteiger partial charge in [0.15, 0.2) is 0 Å². The quantitative estimate of drug-likeness (QED) is 0.398. The molecule has 2 aromatic rings. The van der Waals surface area contributed by atoms with E-state index in [0.29, 0.717) is 24.4 Å². The van der Waals surface area contributed by atoms with Gasteiger partial charge in [0.05, 0.1) is 18.7 Å². The highest BCUT2D eigenvalue weighted by Crippen LogP contribution is 2.39. The van der Waals surface area contributed by atoms with Crippen LogP contribution in [-0.4, -0.2) is 59.9 Å². The van der Waals surface area contributed by atoms with Crippen LogP contribution in [0.5, 0.6) is 5.75 Å². The predicted molar refractivity (Wildman–Crippen MR) is 121 cm³/mol. The van der Waals surface area contributed by atoms with Gasteiger partial charge < -0.3 is 19.6 Å². The molecule has 6 heteroatoms. The van der Waals surface area contributed by atoms with Gasteiger partial charge in [0, 0.05) is 18.7 Å². The first-order valence-corrected chi connectivity index (χ1v) is 10.6. The third-order valence-electron chi connectivity index (χ3n) is 5.90. The van der Waals surface area contributed by atoms with E-state index < -0.39 is 17.7 Å². The molecule has 0 bridgehead atoms. The zero-order valence-electron chi connectivity index (χ0n) is 18.6. The standard InChI is InChI=1S/C25H30N2O4/c1-5-26(6-2)14-15-27-22(18-10-8-7-9-11-18)21(24(29)25(27)30)23(28)20-13-12-19(31-4)16-17(20)3/h7-13,16,22,28H,5-6,14-15H2,1-4H3/t22-/m1/s1. The molecule has 6 nitrogen and oxygen atoms in total. The summed E-state index contributed by atoms with van der Waals surface area (Å²) in [6.45, 7) is 8.77. The number of methoxy groups -OCH3 is 1. The van der Waals surface area contributed by atoms with E-state index in [1.165, 1.54) is 0 Å². The summed E-state index contributed by atoms with van der Waals surface area (Å²) in [4.78, 5) is 29.9. The van der Waals surface area contributed by atoms with Gasteiger partial charge in [0.2, 0.25) is 0 Å². The molecule has 1 amide bonds. The Hall–Kier alpha value is -3.12. The molecule has 0 unspecified atom stereocenters. The zero-order valence-corrected chi connectivity index (χ0v) is 18.6. The molecular formula is C25H30N2O4. The Balaban J connectivity index is 2.10. The molecule has 1 N–H and O–H groups in total. The lowest BCUT2D eigenvalue weighted by Gasteiger charge is -2.28. The summed E-state index contributed by atoms with van der Waals surface area (Å²) in [5.74, 6) is -0.721. The van der Waals surface area contributed by atoms with Crippen LogP contribution < -0.4 is 4.74 Å². The summed E-state index contributed by atoms with van der Waals surface area (Å²) in [6.07, 6.45) is 0. The molecule has 0 aromatic heterocycles. The van der Waals surface area contributed by atoms with Crippen molar-refractivity contribution < 1.29 is 19.4 Å². The summed E-state index contributed by atoms with van der Waals surface area (Å²) < 4.78 is 5.24. The molecule has 2 aromatic carbocycles. The van der Waals surface area contributed by atoms with Crippen molar-refractivity contribution in [2.24, 2.45) is 0 Å². The van der Waals surface area contributed by atoms with Gasteiger partial charge >= 0.3 is 0 Å². The van der Waals surface area contributed by atoms with Crippen LogP contribution in [0.2, 0.25) is 0 Å². The van der Waals surface area contributed by atoms with Gasteiger partial charge in [-0.15, -0.1) is 0 Å². The van der Waals surface area contributed by atoms with E-state index in [1.54, 1.807) is 30.2 Å². The van der Waals surface area contributed by atoms with Crippen LogP contribution in [0.4, 0.5) is 0 Å². The Labute approximate surface area is 183 Å². The maximum atomic E-state index is 13.1. The molecule has 3 rings (SSSR count). The Morgan fingerprint density at radius 2 is 1.77 bits per heavy atom. The average molecular weight is 423 g/mol. The molecule has 164 valence electrons. The first-order chi connectivity index (χ1) is 14.9. The number of Topliss-reactive ketones (excluding diaryl/α,β-unsaturated/α-hetero) is 1. The number of aliphatic hydroxyl groups is 1. The van der Waals surface area contributed by atoms with Gasteiger partial charge in [0.1, 0.15) is 11.5 Å². The maximum absolute atomic E-state index is 13.1. The van der Waals surface area contributed by atoms with Crippen molar-refractivity contribution in [3.05, 3.63) is 70.8 Å². The lowest BCUT2D eigenvalue weighted by atomic mass is 9.94. The van der Waals surface area contributed by atoms with Crippen molar-refractivity contribution in [1.29, 1.82) is 0 Å². The number of rotatable bonds is 8. The first-order valence-electron chi connectivity index (χ1n) is 10.6. The summed E-state index contributed by atoms with van der Waals surface area (Å²) >= 11 is 0. The van der Waals surface area contributed by atoms with Crippen LogP contribution in [0.1, 0.15) is 36.6 Å². The molecule has 1 aliphatic heterocycles. The Morgan fingerprint density at radius 1 is 1.10 bits per heavy atom. The zero-order chi connectivity index (χ0) is 22.5. The smallest absolute Gasteiger partial charge is 0.295 e. The lowest BCUT2D eigenvalue weighted by Crippen LogP contribution is -2.38. The number of hydrogen-bond acceptors (Lipinski definition) is 5. The van der Waals surface area contributed by atoms with Gasteiger partial charge in [0.25, 0.3) is 11.7 Å². The minimum absolute atomic E-state index is 0.129. The molecule has 0 radical (unpaired) electrons. The fraction of sp³-hybridized carbons (Fsp3) is 0.360. The Bertz CT molecular complexity index is 980. The van der Waals surface area contributed by atoms with Gasteiger partial charge in [-0.2, -0.15) is 0 Å². The molecule has 1 saturated heterocycles. The van der Waals surface area contributed by atoms with Crippen molar-refractivity contribution in [3.8, 4) is 5.75 Å². The number of hydrogen-bond donors (Lipinski definition) is 1. The predicted octanol–water partition coefficient (Wildman–Crippen LogP) is 3.77. The van der Waals surface area contributed by atoms with Crippen LogP contribution in [0.25, 0.3) is 5.76 Å². The molecule has 1 fully saturated rings. The fourth-order valence-electron chi connectivity index (χ4n) is 4.06. The second-order valence-corrected chi connectivity index (χ2v) is 7.61. The van der Waals surface area contributed by atoms with Crippen molar-refractivity contribution in [2.45, 2.75) is 26.8 Å². The second-order valence-electron chi connectivity index (χ2n) is 7.61. The minimum Gasteiger partial charge on any atom is -0.507 e. The van der Waals surface area contributed by atoms with Crippen molar-refractivity contribution >= 4 is 17.4 Å². The van der Waals surface area contributed by atoms with Crippen molar-refractivity contribution in [2.75, 3.05) is 33.3 Å². The van der Waals surface area contributed by atoms with E-state index in [-0.39, 0.29) is 11.3 Å². The molecule has 0 aliphatic carbocycles. The number of nitrogens with zero attached hydrogens (tertiary/aromatic N) is 2.